The lowest BCUT2D eigenvalue weighted by atomic mass is 9.97. The standard InChI is InChI=1S/C21H22N2S/c1-2-9-18(10-3-1)24-23-21-15-17(20-11-6-14-22-20)12-13-19(21)16-7-4-5-8-16/h1-5,7,9-10,12-13,15,20,22-23H,6,8,11,14H2. The second kappa shape index (κ2) is 7.29. The molecule has 1 unspecified atom stereocenters. The van der Waals surface area contributed by atoms with Gasteiger partial charge in [-0.15, -0.1) is 0 Å². The molecular formula is C21H22N2S. The van der Waals surface area contributed by atoms with E-state index in [0.717, 1.165) is 13.0 Å². The molecule has 0 bridgehead atoms. The molecule has 2 aromatic carbocycles. The molecule has 2 aromatic rings. The first-order chi connectivity index (χ1) is 11.9. The predicted octanol–water partition coefficient (Wildman–Crippen LogP) is 5.57. The molecule has 1 heterocycles. The fourth-order valence-corrected chi connectivity index (χ4v) is 4.05. The third-order valence-corrected chi connectivity index (χ3v) is 5.48. The van der Waals surface area contributed by atoms with Crippen LogP contribution in [-0.4, -0.2) is 6.54 Å². The smallest absolute Gasteiger partial charge is 0.0522 e. The van der Waals surface area contributed by atoms with Crippen molar-refractivity contribution in [3.05, 3.63) is 77.9 Å². The van der Waals surface area contributed by atoms with Crippen molar-refractivity contribution in [1.82, 2.24) is 5.32 Å². The molecule has 0 radical (unpaired) electrons. The average molecular weight is 334 g/mol. The Morgan fingerprint density at radius 3 is 2.75 bits per heavy atom. The lowest BCUT2D eigenvalue weighted by molar-refractivity contribution is 0.648. The van der Waals surface area contributed by atoms with E-state index in [4.69, 9.17) is 0 Å². The fourth-order valence-electron chi connectivity index (χ4n) is 3.36. The van der Waals surface area contributed by atoms with Crippen LogP contribution in [-0.2, 0) is 0 Å². The normalized spacial score (nSPS) is 19.5. The Bertz CT molecular complexity index is 759. The van der Waals surface area contributed by atoms with Gasteiger partial charge < -0.3 is 10.0 Å². The summed E-state index contributed by atoms with van der Waals surface area (Å²) in [7, 11) is 0. The lowest BCUT2D eigenvalue weighted by Gasteiger charge is -2.17. The number of hydrogen-bond acceptors (Lipinski definition) is 3. The number of hydrogen-bond donors (Lipinski definition) is 2. The second-order valence-corrected chi connectivity index (χ2v) is 7.17. The van der Waals surface area contributed by atoms with Gasteiger partial charge in [-0.1, -0.05) is 48.6 Å². The van der Waals surface area contributed by atoms with Gasteiger partial charge in [0.15, 0.2) is 0 Å². The van der Waals surface area contributed by atoms with Gasteiger partial charge >= 0.3 is 0 Å². The van der Waals surface area contributed by atoms with Gasteiger partial charge in [-0.3, -0.25) is 0 Å². The molecule has 2 aliphatic rings. The number of anilines is 1. The third kappa shape index (κ3) is 3.42. The van der Waals surface area contributed by atoms with Crippen LogP contribution in [0.15, 0.2) is 71.7 Å². The van der Waals surface area contributed by atoms with Gasteiger partial charge in [-0.2, -0.15) is 0 Å². The average Bonchev–Trinajstić information content (AvgIpc) is 3.34. The van der Waals surface area contributed by atoms with E-state index < -0.39 is 0 Å². The van der Waals surface area contributed by atoms with Crippen molar-refractivity contribution in [1.29, 1.82) is 0 Å². The predicted molar refractivity (Wildman–Crippen MR) is 104 cm³/mol. The van der Waals surface area contributed by atoms with Gasteiger partial charge in [-0.25, -0.2) is 0 Å². The van der Waals surface area contributed by atoms with E-state index in [1.165, 1.54) is 40.1 Å². The van der Waals surface area contributed by atoms with Crippen molar-refractivity contribution in [3.63, 3.8) is 0 Å². The fraction of sp³-hybridized carbons (Fsp3) is 0.238. The molecule has 1 aliphatic carbocycles. The van der Waals surface area contributed by atoms with Gasteiger partial charge in [-0.05, 0) is 67.1 Å². The summed E-state index contributed by atoms with van der Waals surface area (Å²) in [5.41, 5.74) is 5.30. The molecule has 0 spiro atoms. The Hall–Kier alpha value is -1.97. The third-order valence-electron chi connectivity index (χ3n) is 4.65. The number of nitrogens with one attached hydrogen (secondary N) is 2. The maximum absolute atomic E-state index is 3.60. The minimum atomic E-state index is 0.497. The van der Waals surface area contributed by atoms with Gasteiger partial charge in [0.05, 0.1) is 5.69 Å². The molecule has 1 aliphatic heterocycles. The molecule has 0 amide bonds. The second-order valence-electron chi connectivity index (χ2n) is 6.30. The first kappa shape index (κ1) is 15.6. The summed E-state index contributed by atoms with van der Waals surface area (Å²) in [4.78, 5) is 1.23. The van der Waals surface area contributed by atoms with E-state index in [1.54, 1.807) is 11.9 Å². The van der Waals surface area contributed by atoms with Crippen LogP contribution in [0.3, 0.4) is 0 Å². The van der Waals surface area contributed by atoms with Gasteiger partial charge in [0, 0.05) is 16.5 Å². The highest BCUT2D eigenvalue weighted by Gasteiger charge is 2.18. The molecule has 0 aromatic heterocycles. The molecular weight excluding hydrogens is 312 g/mol. The van der Waals surface area contributed by atoms with E-state index >= 15 is 0 Å². The van der Waals surface area contributed by atoms with Crippen molar-refractivity contribution in [2.24, 2.45) is 0 Å². The van der Waals surface area contributed by atoms with Crippen LogP contribution in [0.5, 0.6) is 0 Å². The highest BCUT2D eigenvalue weighted by molar-refractivity contribution is 8.00. The van der Waals surface area contributed by atoms with Crippen LogP contribution >= 0.6 is 11.9 Å². The Balaban J connectivity index is 1.61. The number of benzene rings is 2. The summed E-state index contributed by atoms with van der Waals surface area (Å²) >= 11 is 1.68. The van der Waals surface area contributed by atoms with E-state index in [1.807, 2.05) is 0 Å². The SMILES string of the molecule is C1=CCC(c2ccc(C3CCCN3)cc2NSc2ccccc2)=C1. The largest absolute Gasteiger partial charge is 0.325 e. The Labute approximate surface area is 148 Å². The van der Waals surface area contributed by atoms with Gasteiger partial charge in [0.25, 0.3) is 0 Å². The summed E-state index contributed by atoms with van der Waals surface area (Å²) in [5.74, 6) is 0. The first-order valence-electron chi connectivity index (χ1n) is 8.61. The molecule has 0 saturated carbocycles. The molecule has 2 nitrogen and oxygen atoms in total. The monoisotopic (exact) mass is 334 g/mol. The molecule has 122 valence electrons. The van der Waals surface area contributed by atoms with Gasteiger partial charge in [0.2, 0.25) is 0 Å². The van der Waals surface area contributed by atoms with Crippen LogP contribution in [0.1, 0.15) is 36.4 Å². The number of rotatable bonds is 5. The zero-order valence-corrected chi connectivity index (χ0v) is 14.5. The summed E-state index contributed by atoms with van der Waals surface area (Å²) < 4.78 is 3.59. The molecule has 2 N–H and O–H groups in total. The van der Waals surface area contributed by atoms with Crippen LogP contribution in [0.4, 0.5) is 5.69 Å². The van der Waals surface area contributed by atoms with E-state index in [2.05, 4.69) is 76.8 Å². The lowest BCUT2D eigenvalue weighted by Crippen LogP contribution is -2.13. The molecule has 1 saturated heterocycles. The van der Waals surface area contributed by atoms with Crippen molar-refractivity contribution in [3.8, 4) is 0 Å². The Kier molecular flexibility index (Phi) is 4.72. The van der Waals surface area contributed by atoms with Crippen LogP contribution in [0.2, 0.25) is 0 Å². The Morgan fingerprint density at radius 2 is 2.00 bits per heavy atom. The zero-order chi connectivity index (χ0) is 16.2. The Morgan fingerprint density at radius 1 is 1.08 bits per heavy atom. The summed E-state index contributed by atoms with van der Waals surface area (Å²) in [6.07, 6.45) is 10.1. The van der Waals surface area contributed by atoms with Crippen molar-refractivity contribution in [2.45, 2.75) is 30.2 Å². The summed E-state index contributed by atoms with van der Waals surface area (Å²) in [6, 6.07) is 17.9. The van der Waals surface area contributed by atoms with E-state index in [0.29, 0.717) is 6.04 Å². The van der Waals surface area contributed by atoms with Crippen molar-refractivity contribution >= 4 is 23.2 Å². The molecule has 1 atom stereocenters. The van der Waals surface area contributed by atoms with Crippen LogP contribution in [0, 0.1) is 0 Å². The minimum absolute atomic E-state index is 0.497. The summed E-state index contributed by atoms with van der Waals surface area (Å²) in [5, 5.41) is 3.60. The first-order valence-corrected chi connectivity index (χ1v) is 9.43. The minimum Gasteiger partial charge on any atom is -0.325 e. The quantitative estimate of drug-likeness (QED) is 0.699. The summed E-state index contributed by atoms with van der Waals surface area (Å²) in [6.45, 7) is 1.13. The van der Waals surface area contributed by atoms with Crippen LogP contribution < -0.4 is 10.0 Å². The topological polar surface area (TPSA) is 24.1 Å². The van der Waals surface area contributed by atoms with E-state index in [9.17, 15) is 0 Å². The molecule has 24 heavy (non-hydrogen) atoms. The van der Waals surface area contributed by atoms with Gasteiger partial charge in [0.1, 0.15) is 0 Å². The maximum Gasteiger partial charge on any atom is 0.0522 e. The number of allylic oxidation sites excluding steroid dienone is 4. The zero-order valence-electron chi connectivity index (χ0n) is 13.7. The van der Waals surface area contributed by atoms with Crippen LogP contribution in [0.25, 0.3) is 5.57 Å². The highest BCUT2D eigenvalue weighted by atomic mass is 32.2. The van der Waals surface area contributed by atoms with Crippen molar-refractivity contribution in [2.75, 3.05) is 11.3 Å². The van der Waals surface area contributed by atoms with E-state index in [-0.39, 0.29) is 0 Å². The molecule has 4 rings (SSSR count). The maximum atomic E-state index is 3.60. The highest BCUT2D eigenvalue weighted by Crippen LogP contribution is 2.35. The van der Waals surface area contributed by atoms with Crippen molar-refractivity contribution < 1.29 is 0 Å². The molecule has 3 heteroatoms. The molecule has 1 fully saturated rings.